The monoisotopic (exact) mass is 1640 g/mol. The smallest absolute Gasteiger partial charge is 0.0737 e. The van der Waals surface area contributed by atoms with Crippen LogP contribution in [0.3, 0.4) is 0 Å². The van der Waals surface area contributed by atoms with Gasteiger partial charge in [-0.3, -0.25) is 0 Å². The van der Waals surface area contributed by atoms with Crippen molar-refractivity contribution in [3.05, 3.63) is 504 Å². The minimum absolute atomic E-state index is 0.468. The Hall–Kier alpha value is -15.4. The number of fused-ring (bicyclic) bond motifs is 28. The quantitative estimate of drug-likeness (QED) is 0.0956. The van der Waals surface area contributed by atoms with Gasteiger partial charge in [0, 0.05) is 68.2 Å². The Morgan fingerprint density at radius 2 is 0.391 bits per heavy atom. The summed E-state index contributed by atoms with van der Waals surface area (Å²) in [5.74, 6) is 0.935. The standard InChI is InChI=1S/C63H50N2.C61H46N2/c1-41(2)43-23-29-49(30-24-43)64(47-15-7-5-8-16-47)51-33-37-53-45(39-51)27-35-57-58-36-28-46-40-52(65(48-17-9-6-10-18-48)50-31-25-44(26-32-50)42(3)4)34-38-54(46)62(58)63(61(53)57)59-21-13-11-19-55(59)56-20-12-14-22-60(56)63;1-3-41-23-29-47(30-24-41)62(45-15-7-5-8-16-45)49-33-37-51-43(39-49)27-35-55-56-36-28-44-40-50(63(46-17-9-6-10-18-46)48-31-25-42(4-2)26-32-48)34-38-52(44)60(56)61(59(51)55)57-21-13-11-19-53(57)54-20-12-14-22-58(54)61/h5-42H,1-4H3;5-40H,3-4H2,1-2H3. The van der Waals surface area contributed by atoms with E-state index in [4.69, 9.17) is 0 Å². The molecule has 4 heteroatoms. The molecule has 0 atom stereocenters. The summed E-state index contributed by atoms with van der Waals surface area (Å²) in [5.41, 5.74) is 39.3. The Labute approximate surface area is 750 Å². The molecule has 0 heterocycles. The van der Waals surface area contributed by atoms with Gasteiger partial charge in [0.1, 0.15) is 0 Å². The molecule has 20 aromatic carbocycles. The van der Waals surface area contributed by atoms with E-state index in [9.17, 15) is 0 Å². The van der Waals surface area contributed by atoms with E-state index in [-0.39, 0.29) is 0 Å². The fourth-order valence-electron chi connectivity index (χ4n) is 22.0. The highest BCUT2D eigenvalue weighted by Gasteiger charge is 2.55. The van der Waals surface area contributed by atoms with Gasteiger partial charge in [0.05, 0.1) is 10.8 Å². The van der Waals surface area contributed by atoms with Crippen LogP contribution in [-0.2, 0) is 23.7 Å². The van der Waals surface area contributed by atoms with Gasteiger partial charge in [-0.2, -0.15) is 0 Å². The third-order valence-electron chi connectivity index (χ3n) is 27.9. The maximum Gasteiger partial charge on any atom is 0.0737 e. The number of hydrogen-bond acceptors (Lipinski definition) is 4. The fourth-order valence-corrected chi connectivity index (χ4v) is 22.0. The second-order valence-electron chi connectivity index (χ2n) is 35.5. The van der Waals surface area contributed by atoms with E-state index in [0.29, 0.717) is 11.8 Å². The summed E-state index contributed by atoms with van der Waals surface area (Å²) < 4.78 is 0. The van der Waals surface area contributed by atoms with Crippen molar-refractivity contribution in [1.82, 2.24) is 0 Å². The molecule has 2 spiro atoms. The summed E-state index contributed by atoms with van der Waals surface area (Å²) in [6.07, 6.45) is 2.03. The fraction of sp³-hybridized carbons (Fsp3) is 0.0968. The van der Waals surface area contributed by atoms with Gasteiger partial charge in [-0.25, -0.2) is 0 Å². The zero-order valence-electron chi connectivity index (χ0n) is 72.9. The number of anilines is 12. The molecule has 4 nitrogen and oxygen atoms in total. The first-order valence-corrected chi connectivity index (χ1v) is 45.5. The Bertz CT molecular complexity index is 7230. The normalized spacial score (nSPS) is 12.9. The van der Waals surface area contributed by atoms with Crippen molar-refractivity contribution in [2.45, 2.75) is 77.0 Å². The minimum Gasteiger partial charge on any atom is -0.310 e. The summed E-state index contributed by atoms with van der Waals surface area (Å²) in [7, 11) is 0. The molecule has 128 heavy (non-hydrogen) atoms. The maximum atomic E-state index is 2.40. The second kappa shape index (κ2) is 31.4. The molecule has 4 aliphatic rings. The number of nitrogens with zero attached hydrogens (tertiary/aromatic N) is 4. The first-order chi connectivity index (χ1) is 63.0. The van der Waals surface area contributed by atoms with Crippen LogP contribution in [-0.4, -0.2) is 0 Å². The van der Waals surface area contributed by atoms with Gasteiger partial charge in [-0.15, -0.1) is 0 Å². The Morgan fingerprint density at radius 1 is 0.188 bits per heavy atom. The molecule has 0 aromatic heterocycles. The van der Waals surface area contributed by atoms with E-state index in [1.165, 1.54) is 154 Å². The predicted molar refractivity (Wildman–Crippen MR) is 541 cm³/mol. The molecule has 0 bridgehead atoms. The first kappa shape index (κ1) is 77.4. The van der Waals surface area contributed by atoms with Crippen LogP contribution in [0.15, 0.2) is 437 Å². The molecule has 0 N–H and O–H groups in total. The summed E-state index contributed by atoms with van der Waals surface area (Å²) in [4.78, 5) is 9.56. The molecule has 612 valence electrons. The lowest BCUT2D eigenvalue weighted by molar-refractivity contribution is 0.809. The van der Waals surface area contributed by atoms with Crippen molar-refractivity contribution in [2.24, 2.45) is 0 Å². The van der Waals surface area contributed by atoms with Crippen LogP contribution in [0.2, 0.25) is 0 Å². The van der Waals surface area contributed by atoms with E-state index in [2.05, 4.69) is 498 Å². The molecule has 0 unspecified atom stereocenters. The van der Waals surface area contributed by atoms with Crippen LogP contribution in [0, 0.1) is 0 Å². The molecule has 4 aliphatic carbocycles. The Kier molecular flexibility index (Phi) is 19.0. The highest BCUT2D eigenvalue weighted by molar-refractivity contribution is 6.13. The van der Waals surface area contributed by atoms with E-state index in [1.54, 1.807) is 0 Å². The first-order valence-electron chi connectivity index (χ1n) is 45.5. The average molecular weight is 1640 g/mol. The number of para-hydroxylation sites is 4. The molecular weight excluding hydrogens is 1550 g/mol. The summed E-state index contributed by atoms with van der Waals surface area (Å²) in [6.45, 7) is 13.4. The van der Waals surface area contributed by atoms with Gasteiger partial charge in [0.2, 0.25) is 0 Å². The minimum atomic E-state index is -0.530. The molecule has 20 aromatic rings. The van der Waals surface area contributed by atoms with E-state index in [1.807, 2.05) is 0 Å². The van der Waals surface area contributed by atoms with E-state index in [0.717, 1.165) is 81.1 Å². The number of aryl methyl sites for hydroxylation is 2. The number of benzene rings is 20. The van der Waals surface area contributed by atoms with Crippen molar-refractivity contribution in [1.29, 1.82) is 0 Å². The van der Waals surface area contributed by atoms with Crippen molar-refractivity contribution in [2.75, 3.05) is 19.6 Å². The average Bonchev–Trinajstić information content (AvgIpc) is 1.48. The van der Waals surface area contributed by atoms with Gasteiger partial charge < -0.3 is 19.6 Å². The van der Waals surface area contributed by atoms with Crippen LogP contribution < -0.4 is 19.6 Å². The predicted octanol–water partition coefficient (Wildman–Crippen LogP) is 33.9. The van der Waals surface area contributed by atoms with Gasteiger partial charge in [0.15, 0.2) is 0 Å². The van der Waals surface area contributed by atoms with Crippen molar-refractivity contribution in [3.63, 3.8) is 0 Å². The van der Waals surface area contributed by atoms with Gasteiger partial charge in [0.25, 0.3) is 0 Å². The van der Waals surface area contributed by atoms with Crippen molar-refractivity contribution < 1.29 is 0 Å². The lowest BCUT2D eigenvalue weighted by Gasteiger charge is -2.33. The van der Waals surface area contributed by atoms with Crippen LogP contribution in [0.25, 0.3) is 87.6 Å². The molecule has 0 saturated heterocycles. The summed E-state index contributed by atoms with van der Waals surface area (Å²) in [5, 5.41) is 10.0. The molecule has 0 aliphatic heterocycles. The molecule has 24 rings (SSSR count). The van der Waals surface area contributed by atoms with E-state index < -0.39 is 10.8 Å². The molecule has 0 radical (unpaired) electrons. The van der Waals surface area contributed by atoms with Crippen LogP contribution in [0.5, 0.6) is 0 Å². The van der Waals surface area contributed by atoms with Gasteiger partial charge in [-0.05, 0) is 325 Å². The Morgan fingerprint density at radius 3 is 0.617 bits per heavy atom. The van der Waals surface area contributed by atoms with E-state index >= 15 is 0 Å². The highest BCUT2D eigenvalue weighted by atomic mass is 15.2. The van der Waals surface area contributed by atoms with Crippen molar-refractivity contribution in [3.8, 4) is 44.5 Å². The summed E-state index contributed by atoms with van der Waals surface area (Å²) >= 11 is 0. The topological polar surface area (TPSA) is 13.0 Å². The summed E-state index contributed by atoms with van der Waals surface area (Å²) in [6, 6.07) is 164. The number of rotatable bonds is 16. The largest absolute Gasteiger partial charge is 0.310 e. The van der Waals surface area contributed by atoms with Gasteiger partial charge in [-0.1, -0.05) is 333 Å². The molecule has 0 saturated carbocycles. The van der Waals surface area contributed by atoms with Crippen LogP contribution >= 0.6 is 0 Å². The highest BCUT2D eigenvalue weighted by Crippen LogP contribution is 2.68. The Balaban J connectivity index is 0.000000147. The lowest BCUT2D eigenvalue weighted by Crippen LogP contribution is -2.26. The number of hydrogen-bond donors (Lipinski definition) is 0. The third-order valence-corrected chi connectivity index (χ3v) is 27.9. The van der Waals surface area contributed by atoms with Crippen LogP contribution in [0.1, 0.15) is 120 Å². The molecular formula is C124H96N4. The maximum absolute atomic E-state index is 2.40. The third kappa shape index (κ3) is 12.3. The SMILES string of the molecule is CC(C)c1ccc(N(c2ccccc2)c2ccc3c4c(ccc3c2)-c2ccc3cc(N(c5ccccc5)c5ccc(C(C)C)cc5)ccc3c2C42c3ccccc3-c3ccccc32)cc1.CCc1ccc(N(c2ccccc2)c2ccc3c4c(ccc3c2)-c2ccc3cc(N(c5ccccc5)c5ccc(CC)cc5)ccc3c2C42c3ccccc3-c3ccccc32)cc1. The molecule has 0 fully saturated rings. The van der Waals surface area contributed by atoms with Crippen molar-refractivity contribution >= 4 is 111 Å². The zero-order valence-corrected chi connectivity index (χ0v) is 72.9. The van der Waals surface area contributed by atoms with Crippen LogP contribution in [0.4, 0.5) is 68.2 Å². The van der Waals surface area contributed by atoms with Gasteiger partial charge >= 0.3 is 0 Å². The zero-order chi connectivity index (χ0) is 85.9. The molecule has 0 amide bonds. The second-order valence-corrected chi connectivity index (χ2v) is 35.5. The lowest BCUT2D eigenvalue weighted by atomic mass is 9.68.